The van der Waals surface area contributed by atoms with Crippen molar-refractivity contribution in [2.45, 2.75) is 31.2 Å². The molecule has 1 N–H and O–H groups in total. The fraction of sp³-hybridized carbons (Fsp3) is 0.500. The van der Waals surface area contributed by atoms with Crippen LogP contribution < -0.4 is 10.1 Å². The van der Waals surface area contributed by atoms with Crippen LogP contribution in [0.25, 0.3) is 0 Å². The molecular weight excluding hydrogens is 285 g/mol. The smallest absolute Gasteiger partial charge is 0.255 e. The number of carbonyl (C=O) groups is 1. The maximum atomic E-state index is 12.4. The zero-order valence-corrected chi connectivity index (χ0v) is 12.4. The van der Waals surface area contributed by atoms with Gasteiger partial charge >= 0.3 is 0 Å². The predicted molar refractivity (Wildman–Crippen MR) is 77.4 cm³/mol. The van der Waals surface area contributed by atoms with Gasteiger partial charge in [-0.2, -0.15) is 0 Å². The molecule has 0 aliphatic heterocycles. The van der Waals surface area contributed by atoms with Gasteiger partial charge in [-0.1, -0.05) is 24.4 Å². The maximum Gasteiger partial charge on any atom is 0.255 e. The second kappa shape index (κ2) is 6.02. The number of halogens is 2. The first-order valence-electron chi connectivity index (χ1n) is 6.32. The van der Waals surface area contributed by atoms with Crippen LogP contribution >= 0.6 is 23.2 Å². The van der Waals surface area contributed by atoms with E-state index in [1.165, 1.54) is 7.11 Å². The lowest BCUT2D eigenvalue weighted by Gasteiger charge is -2.28. The summed E-state index contributed by atoms with van der Waals surface area (Å²) in [6, 6.07) is 5.01. The second-order valence-electron chi connectivity index (χ2n) is 4.92. The molecule has 1 amide bonds. The average molecular weight is 302 g/mol. The van der Waals surface area contributed by atoms with Gasteiger partial charge in [-0.15, -0.1) is 11.6 Å². The van der Waals surface area contributed by atoms with E-state index in [0.29, 0.717) is 22.2 Å². The molecule has 0 spiro atoms. The molecule has 19 heavy (non-hydrogen) atoms. The van der Waals surface area contributed by atoms with Crippen LogP contribution in [-0.4, -0.2) is 24.4 Å². The molecule has 1 saturated carbocycles. The number of hydrogen-bond acceptors (Lipinski definition) is 2. The summed E-state index contributed by atoms with van der Waals surface area (Å²) in [6.45, 7) is 0. The number of methoxy groups -OCH3 is 1. The van der Waals surface area contributed by atoms with Crippen molar-refractivity contribution >= 4 is 29.1 Å². The Hall–Kier alpha value is -0.930. The molecule has 1 fully saturated rings. The Balaban J connectivity index is 2.22. The number of nitrogens with one attached hydrogen (secondary N) is 1. The summed E-state index contributed by atoms with van der Waals surface area (Å²) in [7, 11) is 1.53. The molecule has 104 valence electrons. The third kappa shape index (κ3) is 3.15. The van der Waals surface area contributed by atoms with Crippen molar-refractivity contribution in [3.8, 4) is 5.75 Å². The van der Waals surface area contributed by atoms with Crippen LogP contribution in [0.2, 0.25) is 5.02 Å². The average Bonchev–Trinajstić information content (AvgIpc) is 2.87. The van der Waals surface area contributed by atoms with Gasteiger partial charge in [0.2, 0.25) is 0 Å². The molecule has 0 aromatic heterocycles. The molecule has 3 nitrogen and oxygen atoms in total. The van der Waals surface area contributed by atoms with Crippen LogP contribution in [0.4, 0.5) is 0 Å². The van der Waals surface area contributed by atoms with E-state index in [-0.39, 0.29) is 11.4 Å². The van der Waals surface area contributed by atoms with E-state index in [9.17, 15) is 4.79 Å². The number of rotatable bonds is 4. The fourth-order valence-corrected chi connectivity index (χ4v) is 3.02. The summed E-state index contributed by atoms with van der Waals surface area (Å²) in [4.78, 5) is 12.4. The molecule has 0 saturated heterocycles. The molecule has 2 rings (SSSR count). The fourth-order valence-electron chi connectivity index (χ4n) is 2.51. The van der Waals surface area contributed by atoms with E-state index in [4.69, 9.17) is 27.9 Å². The Kier molecular flexibility index (Phi) is 4.58. The SMILES string of the molecule is COc1ccc(Cl)cc1C(=O)NC1(CCl)CCCC1. The Morgan fingerprint density at radius 1 is 1.42 bits per heavy atom. The van der Waals surface area contributed by atoms with Gasteiger partial charge in [0.15, 0.2) is 0 Å². The van der Waals surface area contributed by atoms with E-state index in [0.717, 1.165) is 25.7 Å². The Labute approximate surface area is 123 Å². The number of carbonyl (C=O) groups excluding carboxylic acids is 1. The van der Waals surface area contributed by atoms with Crippen LogP contribution in [0.5, 0.6) is 5.75 Å². The minimum atomic E-state index is -0.286. The molecule has 1 aliphatic rings. The lowest BCUT2D eigenvalue weighted by Crippen LogP contribution is -2.48. The lowest BCUT2D eigenvalue weighted by atomic mass is 9.99. The molecule has 5 heteroatoms. The van der Waals surface area contributed by atoms with Gasteiger partial charge in [0.25, 0.3) is 5.91 Å². The summed E-state index contributed by atoms with van der Waals surface area (Å²) in [5.74, 6) is 0.772. The molecule has 0 heterocycles. The number of hydrogen-bond donors (Lipinski definition) is 1. The minimum absolute atomic E-state index is 0.179. The lowest BCUT2D eigenvalue weighted by molar-refractivity contribution is 0.0906. The van der Waals surface area contributed by atoms with Gasteiger partial charge in [0.05, 0.1) is 18.2 Å². The normalized spacial score (nSPS) is 17.2. The molecule has 0 atom stereocenters. The highest BCUT2D eigenvalue weighted by Crippen LogP contribution is 2.32. The maximum absolute atomic E-state index is 12.4. The van der Waals surface area contributed by atoms with E-state index >= 15 is 0 Å². The van der Waals surface area contributed by atoms with E-state index in [1.807, 2.05) is 0 Å². The molecular formula is C14H17Cl2NO2. The van der Waals surface area contributed by atoms with Gasteiger partial charge in [0.1, 0.15) is 5.75 Å². The Morgan fingerprint density at radius 3 is 2.68 bits per heavy atom. The first-order chi connectivity index (χ1) is 9.10. The largest absolute Gasteiger partial charge is 0.496 e. The number of alkyl halides is 1. The van der Waals surface area contributed by atoms with E-state index < -0.39 is 0 Å². The van der Waals surface area contributed by atoms with Crippen molar-refractivity contribution in [2.24, 2.45) is 0 Å². The monoisotopic (exact) mass is 301 g/mol. The first-order valence-corrected chi connectivity index (χ1v) is 7.23. The van der Waals surface area contributed by atoms with E-state index in [2.05, 4.69) is 5.32 Å². The summed E-state index contributed by atoms with van der Waals surface area (Å²) >= 11 is 12.0. The molecule has 0 unspecified atom stereocenters. The van der Waals surface area contributed by atoms with E-state index in [1.54, 1.807) is 18.2 Å². The molecule has 1 aromatic rings. The zero-order valence-electron chi connectivity index (χ0n) is 10.8. The second-order valence-corrected chi connectivity index (χ2v) is 5.62. The van der Waals surface area contributed by atoms with Gasteiger partial charge in [-0.05, 0) is 31.0 Å². The van der Waals surface area contributed by atoms with Gasteiger partial charge in [-0.3, -0.25) is 4.79 Å². The highest BCUT2D eigenvalue weighted by molar-refractivity contribution is 6.31. The van der Waals surface area contributed by atoms with Crippen molar-refractivity contribution in [1.82, 2.24) is 5.32 Å². The van der Waals surface area contributed by atoms with Gasteiger partial charge in [-0.25, -0.2) is 0 Å². The summed E-state index contributed by atoms with van der Waals surface area (Å²) in [5.41, 5.74) is 0.165. The quantitative estimate of drug-likeness (QED) is 0.863. The van der Waals surface area contributed by atoms with Crippen molar-refractivity contribution in [2.75, 3.05) is 13.0 Å². The van der Waals surface area contributed by atoms with Crippen molar-refractivity contribution in [3.05, 3.63) is 28.8 Å². The molecule has 0 bridgehead atoms. The van der Waals surface area contributed by atoms with Crippen LogP contribution in [0.15, 0.2) is 18.2 Å². The third-order valence-electron chi connectivity index (χ3n) is 3.60. The third-order valence-corrected chi connectivity index (χ3v) is 4.35. The summed E-state index contributed by atoms with van der Waals surface area (Å²) < 4.78 is 5.20. The first kappa shape index (κ1) is 14.5. The summed E-state index contributed by atoms with van der Waals surface area (Å²) in [6.07, 6.45) is 4.04. The standard InChI is InChI=1S/C14H17Cl2NO2/c1-19-12-5-4-10(16)8-11(12)13(18)17-14(9-15)6-2-3-7-14/h4-5,8H,2-3,6-7,9H2,1H3,(H,17,18). The molecule has 1 aromatic carbocycles. The van der Waals surface area contributed by atoms with Gasteiger partial charge < -0.3 is 10.1 Å². The summed E-state index contributed by atoms with van der Waals surface area (Å²) in [5, 5.41) is 3.56. The number of amides is 1. The highest BCUT2D eigenvalue weighted by atomic mass is 35.5. The zero-order chi connectivity index (χ0) is 13.9. The molecule has 1 aliphatic carbocycles. The Bertz CT molecular complexity index is 471. The van der Waals surface area contributed by atoms with Crippen molar-refractivity contribution in [3.63, 3.8) is 0 Å². The highest BCUT2D eigenvalue weighted by Gasteiger charge is 2.35. The Morgan fingerprint density at radius 2 is 2.11 bits per heavy atom. The van der Waals surface area contributed by atoms with Crippen LogP contribution in [-0.2, 0) is 0 Å². The number of ether oxygens (including phenoxy) is 1. The predicted octanol–water partition coefficient (Wildman–Crippen LogP) is 3.63. The van der Waals surface area contributed by atoms with Crippen molar-refractivity contribution in [1.29, 1.82) is 0 Å². The van der Waals surface area contributed by atoms with Crippen LogP contribution in [0.3, 0.4) is 0 Å². The van der Waals surface area contributed by atoms with Crippen LogP contribution in [0, 0.1) is 0 Å². The minimum Gasteiger partial charge on any atom is -0.496 e. The van der Waals surface area contributed by atoms with Crippen molar-refractivity contribution < 1.29 is 9.53 Å². The number of benzene rings is 1. The van der Waals surface area contributed by atoms with Gasteiger partial charge in [0, 0.05) is 10.9 Å². The van der Waals surface area contributed by atoms with Crippen LogP contribution in [0.1, 0.15) is 36.0 Å². The molecule has 0 radical (unpaired) electrons. The topological polar surface area (TPSA) is 38.3 Å².